The summed E-state index contributed by atoms with van der Waals surface area (Å²) >= 11 is 0. The number of carbonyl (C=O) groups excluding carboxylic acids is 1. The van der Waals surface area contributed by atoms with Gasteiger partial charge in [0.05, 0.1) is 11.2 Å². The second kappa shape index (κ2) is 8.60. The van der Waals surface area contributed by atoms with Crippen LogP contribution in [0.1, 0.15) is 45.2 Å². The smallest absolute Gasteiger partial charge is 0.223 e. The average Bonchev–Trinajstić information content (AvgIpc) is 3.55. The number of pyridine rings is 1. The van der Waals surface area contributed by atoms with Gasteiger partial charge in [-0.25, -0.2) is 4.39 Å². The molecule has 0 aromatic carbocycles. The van der Waals surface area contributed by atoms with Gasteiger partial charge in [-0.3, -0.25) is 19.6 Å². The summed E-state index contributed by atoms with van der Waals surface area (Å²) in [6.07, 6.45) is 13.8. The first-order valence-electron chi connectivity index (χ1n) is 11.2. The molecule has 2 heterocycles. The van der Waals surface area contributed by atoms with Crippen molar-refractivity contribution in [3.63, 3.8) is 0 Å². The maximum absolute atomic E-state index is 13.9. The number of allylic oxidation sites excluding steroid dienone is 2. The van der Waals surface area contributed by atoms with E-state index in [-0.39, 0.29) is 22.8 Å². The lowest BCUT2D eigenvalue weighted by atomic mass is 9.90. The van der Waals surface area contributed by atoms with Gasteiger partial charge in [-0.15, -0.1) is 0 Å². The van der Waals surface area contributed by atoms with Crippen molar-refractivity contribution in [2.45, 2.75) is 57.2 Å². The topological polar surface area (TPSA) is 39.7 Å². The molecule has 2 aliphatic carbocycles. The number of carbonyl (C=O) groups is 1. The number of hydrogen-bond acceptors (Lipinski definition) is 4. The first kappa shape index (κ1) is 21.2. The van der Waals surface area contributed by atoms with Crippen LogP contribution in [0, 0.1) is 5.82 Å². The summed E-state index contributed by atoms with van der Waals surface area (Å²) in [4.78, 5) is 24.1. The van der Waals surface area contributed by atoms with Crippen LogP contribution < -0.4 is 0 Å². The van der Waals surface area contributed by atoms with Gasteiger partial charge in [0.1, 0.15) is 5.82 Å². The highest BCUT2D eigenvalue weighted by atomic mass is 19.1. The van der Waals surface area contributed by atoms with Crippen LogP contribution in [0.15, 0.2) is 42.6 Å². The van der Waals surface area contributed by atoms with E-state index in [4.69, 9.17) is 0 Å². The van der Waals surface area contributed by atoms with Crippen molar-refractivity contribution in [2.75, 3.05) is 32.7 Å². The summed E-state index contributed by atoms with van der Waals surface area (Å²) in [5, 5.41) is 0. The fourth-order valence-electron chi connectivity index (χ4n) is 4.80. The van der Waals surface area contributed by atoms with Gasteiger partial charge < -0.3 is 4.90 Å². The zero-order chi connectivity index (χ0) is 21.2. The molecule has 1 atom stereocenters. The molecule has 0 radical (unpaired) electrons. The summed E-state index contributed by atoms with van der Waals surface area (Å²) in [6, 6.07) is 3.11. The van der Waals surface area contributed by atoms with E-state index in [2.05, 4.69) is 50.9 Å². The fourth-order valence-corrected chi connectivity index (χ4v) is 4.80. The van der Waals surface area contributed by atoms with E-state index in [1.54, 1.807) is 12.3 Å². The highest BCUT2D eigenvalue weighted by Crippen LogP contribution is 2.44. The van der Waals surface area contributed by atoms with E-state index < -0.39 is 0 Å². The molecule has 1 saturated heterocycles. The minimum absolute atomic E-state index is 0.102. The van der Waals surface area contributed by atoms with Crippen LogP contribution in [0.5, 0.6) is 0 Å². The molecule has 1 amide bonds. The number of aromatic nitrogens is 1. The molecule has 30 heavy (non-hydrogen) atoms. The molecule has 162 valence electrons. The molecule has 0 bridgehead atoms. The van der Waals surface area contributed by atoms with Crippen LogP contribution in [0.3, 0.4) is 0 Å². The molecule has 1 unspecified atom stereocenters. The second-order valence-corrected chi connectivity index (χ2v) is 9.10. The minimum atomic E-state index is -0.240. The third-order valence-corrected chi connectivity index (χ3v) is 6.98. The summed E-state index contributed by atoms with van der Waals surface area (Å²) in [5.74, 6) is 0.00290. The number of rotatable bonds is 7. The molecule has 5 nitrogen and oxygen atoms in total. The van der Waals surface area contributed by atoms with Gasteiger partial charge in [-0.2, -0.15) is 0 Å². The molecule has 2 fully saturated rings. The quantitative estimate of drug-likeness (QED) is 0.688. The predicted octanol–water partition coefficient (Wildman–Crippen LogP) is 3.38. The van der Waals surface area contributed by atoms with Crippen molar-refractivity contribution in [1.82, 2.24) is 19.7 Å². The SMILES string of the molecule is CCC(=O)N(CC1(N2CCN(Cc3ncccc3F)CC2)CC1)C1(C)C=CC=CC1. The van der Waals surface area contributed by atoms with E-state index in [1.165, 1.54) is 6.07 Å². The van der Waals surface area contributed by atoms with E-state index in [9.17, 15) is 9.18 Å². The average molecular weight is 413 g/mol. The third-order valence-electron chi connectivity index (χ3n) is 6.98. The first-order chi connectivity index (χ1) is 14.5. The lowest BCUT2D eigenvalue weighted by molar-refractivity contribution is -0.136. The molecule has 1 aromatic heterocycles. The van der Waals surface area contributed by atoms with Gasteiger partial charge in [0, 0.05) is 57.4 Å². The summed E-state index contributed by atoms with van der Waals surface area (Å²) < 4.78 is 13.9. The predicted molar refractivity (Wildman–Crippen MR) is 116 cm³/mol. The maximum atomic E-state index is 13.9. The molecule has 0 spiro atoms. The highest BCUT2D eigenvalue weighted by molar-refractivity contribution is 5.77. The number of piperazine rings is 1. The number of nitrogens with zero attached hydrogens (tertiary/aromatic N) is 4. The van der Waals surface area contributed by atoms with Gasteiger partial charge in [-0.1, -0.05) is 31.2 Å². The Hall–Kier alpha value is -2.05. The Kier molecular flexibility index (Phi) is 6.07. The Labute approximate surface area is 179 Å². The van der Waals surface area contributed by atoms with E-state index in [0.29, 0.717) is 18.7 Å². The number of hydrogen-bond donors (Lipinski definition) is 0. The lowest BCUT2D eigenvalue weighted by Crippen LogP contribution is -2.58. The lowest BCUT2D eigenvalue weighted by Gasteiger charge is -2.46. The van der Waals surface area contributed by atoms with Crippen molar-refractivity contribution < 1.29 is 9.18 Å². The van der Waals surface area contributed by atoms with Crippen molar-refractivity contribution in [2.24, 2.45) is 0 Å². The zero-order valence-corrected chi connectivity index (χ0v) is 18.2. The van der Waals surface area contributed by atoms with Crippen molar-refractivity contribution in [3.05, 3.63) is 54.1 Å². The molecule has 4 rings (SSSR count). The molecule has 3 aliphatic rings. The Bertz CT molecular complexity index is 826. The maximum Gasteiger partial charge on any atom is 0.223 e. The van der Waals surface area contributed by atoms with Crippen LogP contribution in [-0.4, -0.2) is 69.4 Å². The van der Waals surface area contributed by atoms with E-state index in [1.807, 2.05) is 6.92 Å². The largest absolute Gasteiger partial charge is 0.332 e. The highest BCUT2D eigenvalue weighted by Gasteiger charge is 2.52. The van der Waals surface area contributed by atoms with Gasteiger partial charge in [0.15, 0.2) is 0 Å². The van der Waals surface area contributed by atoms with Crippen LogP contribution in [-0.2, 0) is 11.3 Å². The van der Waals surface area contributed by atoms with Gasteiger partial charge in [0.25, 0.3) is 0 Å². The van der Waals surface area contributed by atoms with Crippen molar-refractivity contribution in [3.8, 4) is 0 Å². The fraction of sp³-hybridized carbons (Fsp3) is 0.583. The van der Waals surface area contributed by atoms with E-state index >= 15 is 0 Å². The summed E-state index contributed by atoms with van der Waals surface area (Å²) in [7, 11) is 0. The number of amides is 1. The van der Waals surface area contributed by atoms with Gasteiger partial charge in [-0.05, 0) is 38.3 Å². The van der Waals surface area contributed by atoms with Crippen LogP contribution in [0.2, 0.25) is 0 Å². The van der Waals surface area contributed by atoms with Crippen LogP contribution >= 0.6 is 0 Å². The summed E-state index contributed by atoms with van der Waals surface area (Å²) in [6.45, 7) is 9.20. The molecule has 1 aliphatic heterocycles. The van der Waals surface area contributed by atoms with Crippen molar-refractivity contribution >= 4 is 5.91 Å². The van der Waals surface area contributed by atoms with Gasteiger partial charge >= 0.3 is 0 Å². The van der Waals surface area contributed by atoms with Gasteiger partial charge in [0.2, 0.25) is 5.91 Å². The standard InChI is InChI=1S/C24H33FN4O/c1-3-22(30)29(23(2)9-5-4-6-10-23)19-24(11-12-24)28-16-14-27(15-17-28)18-21-20(25)8-7-13-26-21/h4-9,13H,3,10-12,14-19H2,1-2H3. The first-order valence-corrected chi connectivity index (χ1v) is 11.2. The van der Waals surface area contributed by atoms with Crippen LogP contribution in [0.4, 0.5) is 4.39 Å². The third kappa shape index (κ3) is 4.35. The van der Waals surface area contributed by atoms with E-state index in [0.717, 1.165) is 52.0 Å². The Morgan fingerprint density at radius 2 is 2.00 bits per heavy atom. The molecule has 0 N–H and O–H groups in total. The van der Waals surface area contributed by atoms with Crippen molar-refractivity contribution in [1.29, 1.82) is 0 Å². The normalized spacial score (nSPS) is 26.0. The zero-order valence-electron chi connectivity index (χ0n) is 18.2. The molecule has 1 saturated carbocycles. The number of halogens is 1. The molecule has 1 aromatic rings. The molecular weight excluding hydrogens is 379 g/mol. The second-order valence-electron chi connectivity index (χ2n) is 9.10. The Morgan fingerprint density at radius 3 is 2.60 bits per heavy atom. The molecule has 6 heteroatoms. The summed E-state index contributed by atoms with van der Waals surface area (Å²) in [5.41, 5.74) is 0.387. The monoisotopic (exact) mass is 412 g/mol. The minimum Gasteiger partial charge on any atom is -0.332 e. The Morgan fingerprint density at radius 1 is 1.23 bits per heavy atom. The Balaban J connectivity index is 1.39. The van der Waals surface area contributed by atoms with Crippen LogP contribution in [0.25, 0.3) is 0 Å². The molecular formula is C24H33FN4O.